The van der Waals surface area contributed by atoms with Gasteiger partial charge in [0.15, 0.2) is 0 Å². The molecule has 0 aromatic heterocycles. The first-order valence-corrected chi connectivity index (χ1v) is 3.23. The lowest BCUT2D eigenvalue weighted by molar-refractivity contribution is 0.520. The fourth-order valence-corrected chi connectivity index (χ4v) is 0.429. The van der Waals surface area contributed by atoms with E-state index in [1.807, 2.05) is 14.0 Å². The third kappa shape index (κ3) is 4.18. The summed E-state index contributed by atoms with van der Waals surface area (Å²) >= 11 is 0. The third-order valence-electron chi connectivity index (χ3n) is 1.43. The molecule has 0 fully saturated rings. The summed E-state index contributed by atoms with van der Waals surface area (Å²) in [6.07, 6.45) is 0. The van der Waals surface area contributed by atoms with E-state index in [1.54, 1.807) is 0 Å². The summed E-state index contributed by atoms with van der Waals surface area (Å²) in [7, 11) is 1.87. The van der Waals surface area contributed by atoms with Gasteiger partial charge in [0.1, 0.15) is 0 Å². The number of hydrogen-bond acceptors (Lipinski definition) is 2. The molecule has 2 heteroatoms. The van der Waals surface area contributed by atoms with Crippen molar-refractivity contribution < 1.29 is 0 Å². The SMILES string of the molecule is C=C(C)C(C)CNNC. The zero-order valence-electron chi connectivity index (χ0n) is 6.49. The van der Waals surface area contributed by atoms with Crippen molar-refractivity contribution in [1.29, 1.82) is 0 Å². The van der Waals surface area contributed by atoms with Crippen LogP contribution in [-0.2, 0) is 0 Å². The first kappa shape index (κ1) is 8.66. The smallest absolute Gasteiger partial charge is 0.0162 e. The van der Waals surface area contributed by atoms with Gasteiger partial charge in [-0.2, -0.15) is 0 Å². The molecule has 0 rings (SSSR count). The molecule has 0 saturated heterocycles. The summed E-state index contributed by atoms with van der Waals surface area (Å²) < 4.78 is 0. The highest BCUT2D eigenvalue weighted by molar-refractivity contribution is 4.94. The van der Waals surface area contributed by atoms with Crippen molar-refractivity contribution in [2.75, 3.05) is 13.6 Å². The van der Waals surface area contributed by atoms with Crippen molar-refractivity contribution in [3.05, 3.63) is 12.2 Å². The normalized spacial score (nSPS) is 13.2. The highest BCUT2D eigenvalue weighted by Gasteiger charge is 1.98. The summed E-state index contributed by atoms with van der Waals surface area (Å²) in [5.74, 6) is 0.553. The van der Waals surface area contributed by atoms with Gasteiger partial charge < -0.3 is 0 Å². The van der Waals surface area contributed by atoms with Gasteiger partial charge in [0.05, 0.1) is 0 Å². The Bertz CT molecular complexity index is 88.9. The van der Waals surface area contributed by atoms with E-state index in [0.29, 0.717) is 5.92 Å². The molecule has 0 aliphatic heterocycles. The van der Waals surface area contributed by atoms with Crippen LogP contribution in [-0.4, -0.2) is 13.6 Å². The average molecular weight is 128 g/mol. The van der Waals surface area contributed by atoms with E-state index in [4.69, 9.17) is 0 Å². The Morgan fingerprint density at radius 1 is 1.67 bits per heavy atom. The maximum Gasteiger partial charge on any atom is 0.0162 e. The molecule has 54 valence electrons. The van der Waals surface area contributed by atoms with Crippen molar-refractivity contribution >= 4 is 0 Å². The van der Waals surface area contributed by atoms with E-state index in [0.717, 1.165) is 6.54 Å². The van der Waals surface area contributed by atoms with Crippen LogP contribution in [0.2, 0.25) is 0 Å². The average Bonchev–Trinajstić information content (AvgIpc) is 1.82. The molecule has 0 saturated carbocycles. The first-order valence-electron chi connectivity index (χ1n) is 3.23. The van der Waals surface area contributed by atoms with Crippen LogP contribution in [0.25, 0.3) is 0 Å². The Morgan fingerprint density at radius 3 is 2.56 bits per heavy atom. The molecular formula is C7H16N2. The molecule has 0 spiro atoms. The predicted molar refractivity (Wildman–Crippen MR) is 41.0 cm³/mol. The Morgan fingerprint density at radius 2 is 2.22 bits per heavy atom. The number of hydrogen-bond donors (Lipinski definition) is 2. The molecule has 0 heterocycles. The van der Waals surface area contributed by atoms with Gasteiger partial charge in [-0.3, -0.25) is 10.9 Å². The summed E-state index contributed by atoms with van der Waals surface area (Å²) in [5, 5.41) is 0. The Labute approximate surface area is 57.3 Å². The van der Waals surface area contributed by atoms with E-state index in [1.165, 1.54) is 5.57 Å². The Hall–Kier alpha value is -0.340. The Kier molecular flexibility index (Phi) is 4.36. The van der Waals surface area contributed by atoms with E-state index >= 15 is 0 Å². The number of nitrogens with one attached hydrogen (secondary N) is 2. The number of hydrazine groups is 1. The molecule has 0 radical (unpaired) electrons. The van der Waals surface area contributed by atoms with Crippen LogP contribution in [0.5, 0.6) is 0 Å². The second-order valence-electron chi connectivity index (χ2n) is 2.38. The quantitative estimate of drug-likeness (QED) is 0.434. The van der Waals surface area contributed by atoms with Crippen LogP contribution in [0.15, 0.2) is 12.2 Å². The topological polar surface area (TPSA) is 24.1 Å². The maximum absolute atomic E-state index is 3.84. The molecule has 9 heavy (non-hydrogen) atoms. The number of rotatable bonds is 4. The molecule has 0 bridgehead atoms. The second-order valence-corrected chi connectivity index (χ2v) is 2.38. The minimum absolute atomic E-state index is 0.553. The van der Waals surface area contributed by atoms with Gasteiger partial charge in [0, 0.05) is 6.54 Å². The van der Waals surface area contributed by atoms with Gasteiger partial charge in [0.2, 0.25) is 0 Å². The molecule has 0 aromatic carbocycles. The summed E-state index contributed by atoms with van der Waals surface area (Å²) in [6, 6.07) is 0. The fourth-order valence-electron chi connectivity index (χ4n) is 0.429. The highest BCUT2D eigenvalue weighted by Crippen LogP contribution is 2.03. The molecule has 0 aromatic rings. The molecule has 2 nitrogen and oxygen atoms in total. The zero-order valence-corrected chi connectivity index (χ0v) is 6.49. The van der Waals surface area contributed by atoms with Crippen LogP contribution in [0, 0.1) is 5.92 Å². The standard InChI is InChI=1S/C7H16N2/c1-6(2)7(3)5-9-8-4/h7-9H,1,5H2,2-4H3. The third-order valence-corrected chi connectivity index (χ3v) is 1.43. The lowest BCUT2D eigenvalue weighted by Gasteiger charge is -2.10. The van der Waals surface area contributed by atoms with Crippen LogP contribution >= 0.6 is 0 Å². The van der Waals surface area contributed by atoms with Gasteiger partial charge >= 0.3 is 0 Å². The largest absolute Gasteiger partial charge is 0.261 e. The summed E-state index contributed by atoms with van der Waals surface area (Å²) in [5.41, 5.74) is 7.10. The fraction of sp³-hybridized carbons (Fsp3) is 0.714. The van der Waals surface area contributed by atoms with Gasteiger partial charge in [0.25, 0.3) is 0 Å². The lowest BCUT2D eigenvalue weighted by atomic mass is 10.1. The first-order chi connectivity index (χ1) is 4.18. The maximum atomic E-state index is 3.84. The molecule has 0 amide bonds. The van der Waals surface area contributed by atoms with Crippen molar-refractivity contribution in [3.8, 4) is 0 Å². The molecular weight excluding hydrogens is 112 g/mol. The monoisotopic (exact) mass is 128 g/mol. The van der Waals surface area contributed by atoms with Gasteiger partial charge in [-0.25, -0.2) is 0 Å². The van der Waals surface area contributed by atoms with Crippen molar-refractivity contribution in [3.63, 3.8) is 0 Å². The van der Waals surface area contributed by atoms with Crippen LogP contribution in [0.1, 0.15) is 13.8 Å². The van der Waals surface area contributed by atoms with Crippen molar-refractivity contribution in [2.45, 2.75) is 13.8 Å². The molecule has 0 aliphatic rings. The van der Waals surface area contributed by atoms with Gasteiger partial charge in [-0.05, 0) is 19.9 Å². The Balaban J connectivity index is 3.27. The summed E-state index contributed by atoms with van der Waals surface area (Å²) in [4.78, 5) is 0. The van der Waals surface area contributed by atoms with Crippen molar-refractivity contribution in [2.24, 2.45) is 5.92 Å². The summed E-state index contributed by atoms with van der Waals surface area (Å²) in [6.45, 7) is 8.98. The molecule has 1 unspecified atom stereocenters. The minimum Gasteiger partial charge on any atom is -0.261 e. The molecule has 2 N–H and O–H groups in total. The van der Waals surface area contributed by atoms with Crippen molar-refractivity contribution in [1.82, 2.24) is 10.9 Å². The lowest BCUT2D eigenvalue weighted by Crippen LogP contribution is -2.31. The van der Waals surface area contributed by atoms with E-state index in [9.17, 15) is 0 Å². The van der Waals surface area contributed by atoms with E-state index in [-0.39, 0.29) is 0 Å². The highest BCUT2D eigenvalue weighted by atomic mass is 15.3. The van der Waals surface area contributed by atoms with Crippen LogP contribution < -0.4 is 10.9 Å². The molecule has 1 atom stereocenters. The van der Waals surface area contributed by atoms with E-state index < -0.39 is 0 Å². The van der Waals surface area contributed by atoms with Gasteiger partial charge in [-0.15, -0.1) is 0 Å². The molecule has 0 aliphatic carbocycles. The predicted octanol–water partition coefficient (Wildman–Crippen LogP) is 0.923. The van der Waals surface area contributed by atoms with E-state index in [2.05, 4.69) is 24.4 Å². The van der Waals surface area contributed by atoms with Crippen LogP contribution in [0.4, 0.5) is 0 Å². The van der Waals surface area contributed by atoms with Gasteiger partial charge in [-0.1, -0.05) is 19.1 Å². The van der Waals surface area contributed by atoms with Crippen LogP contribution in [0.3, 0.4) is 0 Å². The minimum atomic E-state index is 0.553. The second kappa shape index (κ2) is 4.53. The zero-order chi connectivity index (χ0) is 7.28.